The van der Waals surface area contributed by atoms with E-state index in [9.17, 15) is 10.5 Å². The van der Waals surface area contributed by atoms with Crippen LogP contribution in [0.25, 0.3) is 71.5 Å². The molecule has 0 amide bonds. The molecule has 2 aromatic heterocycles. The van der Waals surface area contributed by atoms with Crippen molar-refractivity contribution in [1.82, 2.24) is 4.40 Å². The first-order chi connectivity index (χ1) is 23.7. The highest BCUT2D eigenvalue weighted by molar-refractivity contribution is 6.25. The zero-order valence-electron chi connectivity index (χ0n) is 25.6. The molecule has 2 aliphatic carbocycles. The first-order valence-corrected chi connectivity index (χ1v) is 16.2. The van der Waals surface area contributed by atoms with Gasteiger partial charge in [-0.1, -0.05) is 103 Å². The standard InChI is InChI=1S/C45H23N3/c46-24-26-16-18-32-35-22-28(23-36-33-19-17-27(25-47)21-42(33)48(44(35)36)41(32)20-26)29-11-7-15-40-43(29)34-10-3-6-14-39(34)45(40)37-12-4-1-8-30(37)31-9-2-5-13-38(31)45/h1-23H. The van der Waals surface area contributed by atoms with Crippen LogP contribution in [0.5, 0.6) is 0 Å². The van der Waals surface area contributed by atoms with Crippen LogP contribution in [0, 0.1) is 22.7 Å². The minimum Gasteiger partial charge on any atom is -0.308 e. The second kappa shape index (κ2) is 8.77. The topological polar surface area (TPSA) is 52.0 Å². The van der Waals surface area contributed by atoms with Gasteiger partial charge in [0.15, 0.2) is 0 Å². The first-order valence-electron chi connectivity index (χ1n) is 16.2. The predicted octanol–water partition coefficient (Wildman–Crippen LogP) is 10.6. The summed E-state index contributed by atoms with van der Waals surface area (Å²) in [5, 5.41) is 24.1. The number of benzene rings is 7. The van der Waals surface area contributed by atoms with Gasteiger partial charge in [-0.3, -0.25) is 0 Å². The molecular formula is C45H23N3. The van der Waals surface area contributed by atoms with Crippen LogP contribution >= 0.6 is 0 Å². The Kier molecular flexibility index (Phi) is 4.66. The van der Waals surface area contributed by atoms with Crippen molar-refractivity contribution in [2.75, 3.05) is 0 Å². The summed E-state index contributed by atoms with van der Waals surface area (Å²) in [6, 6.07) is 54.9. The van der Waals surface area contributed by atoms with E-state index >= 15 is 0 Å². The molecule has 0 fully saturated rings. The third kappa shape index (κ3) is 2.85. The molecule has 48 heavy (non-hydrogen) atoms. The van der Waals surface area contributed by atoms with E-state index in [-0.39, 0.29) is 0 Å². The van der Waals surface area contributed by atoms with Crippen molar-refractivity contribution >= 4 is 38.1 Å². The number of hydrogen-bond acceptors (Lipinski definition) is 2. The van der Waals surface area contributed by atoms with E-state index in [2.05, 4.69) is 132 Å². The van der Waals surface area contributed by atoms with Crippen LogP contribution < -0.4 is 0 Å². The molecule has 2 aliphatic rings. The Morgan fingerprint density at radius 1 is 0.438 bits per heavy atom. The monoisotopic (exact) mass is 605 g/mol. The summed E-state index contributed by atoms with van der Waals surface area (Å²) in [7, 11) is 0. The Morgan fingerprint density at radius 3 is 1.48 bits per heavy atom. The highest BCUT2D eigenvalue weighted by Gasteiger charge is 2.51. The molecule has 3 heteroatoms. The molecule has 11 rings (SSSR count). The fourth-order valence-corrected chi connectivity index (χ4v) is 9.22. The number of rotatable bonds is 1. The lowest BCUT2D eigenvalue weighted by Crippen LogP contribution is -2.25. The van der Waals surface area contributed by atoms with Crippen LogP contribution in [0.15, 0.2) is 140 Å². The van der Waals surface area contributed by atoms with Crippen LogP contribution in [0.3, 0.4) is 0 Å². The Bertz CT molecular complexity index is 2830. The van der Waals surface area contributed by atoms with E-state index < -0.39 is 5.41 Å². The number of nitriles is 2. The van der Waals surface area contributed by atoms with E-state index in [0.29, 0.717) is 11.1 Å². The summed E-state index contributed by atoms with van der Waals surface area (Å²) in [5.41, 5.74) is 16.7. The Hall–Kier alpha value is -6.68. The van der Waals surface area contributed by atoms with Crippen LogP contribution in [0.2, 0.25) is 0 Å². The molecule has 0 bridgehead atoms. The molecule has 7 aromatic carbocycles. The largest absolute Gasteiger partial charge is 0.308 e. The molecule has 0 atom stereocenters. The van der Waals surface area contributed by atoms with Crippen molar-refractivity contribution in [3.8, 4) is 45.5 Å². The zero-order chi connectivity index (χ0) is 31.7. The fourth-order valence-electron chi connectivity index (χ4n) is 9.22. The minimum absolute atomic E-state index is 0.403. The van der Waals surface area contributed by atoms with Gasteiger partial charge in [0.1, 0.15) is 0 Å². The van der Waals surface area contributed by atoms with Gasteiger partial charge in [-0.25, -0.2) is 0 Å². The smallest absolute Gasteiger partial charge is 0.0992 e. The van der Waals surface area contributed by atoms with Crippen LogP contribution in [0.1, 0.15) is 33.4 Å². The van der Waals surface area contributed by atoms with Gasteiger partial charge in [-0.05, 0) is 92.0 Å². The summed E-state index contributed by atoms with van der Waals surface area (Å²) in [4.78, 5) is 0. The van der Waals surface area contributed by atoms with Gasteiger partial charge in [0, 0.05) is 21.5 Å². The maximum absolute atomic E-state index is 9.80. The SMILES string of the molecule is N#Cc1ccc2c3cc(-c4cccc5c4-c4ccccc4C54c5ccccc5-c5ccccc54)cc4c5ccc(C#N)cc5n(c2c1)c34. The van der Waals surface area contributed by atoms with E-state index in [1.807, 2.05) is 24.3 Å². The Balaban J connectivity index is 1.28. The third-order valence-corrected chi connectivity index (χ3v) is 11.0. The molecule has 0 radical (unpaired) electrons. The quantitative estimate of drug-likeness (QED) is 0.187. The molecule has 0 saturated heterocycles. The molecule has 0 N–H and O–H groups in total. The third-order valence-electron chi connectivity index (χ3n) is 11.0. The van der Waals surface area contributed by atoms with Gasteiger partial charge >= 0.3 is 0 Å². The molecule has 0 saturated carbocycles. The molecule has 0 unspecified atom stereocenters. The Labute approximate surface area is 276 Å². The summed E-state index contributed by atoms with van der Waals surface area (Å²) >= 11 is 0. The fraction of sp³-hybridized carbons (Fsp3) is 0.0222. The summed E-state index contributed by atoms with van der Waals surface area (Å²) < 4.78 is 2.24. The van der Waals surface area contributed by atoms with Crippen molar-refractivity contribution in [2.45, 2.75) is 5.41 Å². The van der Waals surface area contributed by atoms with Crippen LogP contribution in [-0.4, -0.2) is 4.40 Å². The molecule has 9 aromatic rings. The molecule has 3 nitrogen and oxygen atoms in total. The summed E-state index contributed by atoms with van der Waals surface area (Å²) in [6.07, 6.45) is 0. The predicted molar refractivity (Wildman–Crippen MR) is 192 cm³/mol. The van der Waals surface area contributed by atoms with Crippen LogP contribution in [-0.2, 0) is 5.41 Å². The second-order valence-corrected chi connectivity index (χ2v) is 13.1. The van der Waals surface area contributed by atoms with Gasteiger partial charge in [-0.2, -0.15) is 10.5 Å². The molecule has 2 heterocycles. The number of aromatic nitrogens is 1. The minimum atomic E-state index is -0.403. The van der Waals surface area contributed by atoms with Gasteiger partial charge < -0.3 is 4.40 Å². The number of fused-ring (bicyclic) bond motifs is 16. The van der Waals surface area contributed by atoms with Crippen molar-refractivity contribution < 1.29 is 0 Å². The number of nitrogens with zero attached hydrogens (tertiary/aromatic N) is 3. The average Bonchev–Trinajstić information content (AvgIpc) is 3.85. The van der Waals surface area contributed by atoms with Crippen LogP contribution in [0.4, 0.5) is 0 Å². The van der Waals surface area contributed by atoms with Gasteiger partial charge in [0.25, 0.3) is 0 Å². The lowest BCUT2D eigenvalue weighted by molar-refractivity contribution is 0.794. The Morgan fingerprint density at radius 2 is 0.917 bits per heavy atom. The van der Waals surface area contributed by atoms with E-state index in [1.165, 1.54) is 50.1 Å². The highest BCUT2D eigenvalue weighted by Crippen LogP contribution is 2.64. The van der Waals surface area contributed by atoms with Gasteiger partial charge in [0.05, 0.1) is 45.2 Å². The maximum Gasteiger partial charge on any atom is 0.0992 e. The normalized spacial score (nSPS) is 13.5. The summed E-state index contributed by atoms with van der Waals surface area (Å²) in [5.74, 6) is 0. The van der Waals surface area contributed by atoms with Gasteiger partial charge in [0.2, 0.25) is 0 Å². The van der Waals surface area contributed by atoms with E-state index in [1.54, 1.807) is 0 Å². The molecule has 1 spiro atoms. The average molecular weight is 606 g/mol. The van der Waals surface area contributed by atoms with Crippen molar-refractivity contribution in [3.63, 3.8) is 0 Å². The first kappa shape index (κ1) is 25.5. The van der Waals surface area contributed by atoms with Crippen molar-refractivity contribution in [2.24, 2.45) is 0 Å². The maximum atomic E-state index is 9.80. The molecule has 218 valence electrons. The van der Waals surface area contributed by atoms with E-state index in [4.69, 9.17) is 0 Å². The van der Waals surface area contributed by atoms with Gasteiger partial charge in [-0.15, -0.1) is 0 Å². The van der Waals surface area contributed by atoms with Crippen molar-refractivity contribution in [3.05, 3.63) is 173 Å². The van der Waals surface area contributed by atoms with Crippen molar-refractivity contribution in [1.29, 1.82) is 10.5 Å². The second-order valence-electron chi connectivity index (χ2n) is 13.1. The molecule has 0 aliphatic heterocycles. The lowest BCUT2D eigenvalue weighted by atomic mass is 9.70. The zero-order valence-corrected chi connectivity index (χ0v) is 25.6. The highest BCUT2D eigenvalue weighted by atomic mass is 14.9. The lowest BCUT2D eigenvalue weighted by Gasteiger charge is -2.30. The number of hydrogen-bond donors (Lipinski definition) is 0. The van der Waals surface area contributed by atoms with E-state index in [0.717, 1.165) is 43.7 Å². The summed E-state index contributed by atoms with van der Waals surface area (Å²) in [6.45, 7) is 0. The molecular weight excluding hydrogens is 583 g/mol.